The van der Waals surface area contributed by atoms with E-state index in [0.29, 0.717) is 40.4 Å². The number of carbonyl (C=O) groups is 12. The van der Waals surface area contributed by atoms with Crippen LogP contribution in [0.25, 0.3) is 10.9 Å². The number of H-pyrrole nitrogens is 1. The highest BCUT2D eigenvalue weighted by molar-refractivity contribution is 5.99. The summed E-state index contributed by atoms with van der Waals surface area (Å²) in [5, 5.41) is 52.4. The number of aromatic amines is 1. The number of likely N-dealkylation sites (tertiary alicyclic amines) is 1. The van der Waals surface area contributed by atoms with Gasteiger partial charge in [0.15, 0.2) is 0 Å². The van der Waals surface area contributed by atoms with E-state index in [1.54, 1.807) is 88.5 Å². The van der Waals surface area contributed by atoms with Crippen molar-refractivity contribution in [2.75, 3.05) is 6.54 Å². The minimum atomic E-state index is -1.76. The number of para-hydroxylation sites is 1. The molecule has 12 atom stereocenters. The molecular weight excluding hydrogens is 1170 g/mol. The van der Waals surface area contributed by atoms with Crippen LogP contribution in [0, 0.1) is 11.8 Å². The van der Waals surface area contributed by atoms with Gasteiger partial charge in [0.25, 0.3) is 0 Å². The topological polar surface area (TPSA) is 459 Å². The third-order valence-corrected chi connectivity index (χ3v) is 15.7. The van der Waals surface area contributed by atoms with Crippen molar-refractivity contribution in [2.24, 2.45) is 29.0 Å². The monoisotopic (exact) mass is 1250 g/mol. The molecule has 0 saturated carbocycles. The summed E-state index contributed by atoms with van der Waals surface area (Å²) in [4.78, 5) is 167. The molecule has 4 aromatic rings. The molecule has 1 aliphatic rings. The zero-order chi connectivity index (χ0) is 66.5. The van der Waals surface area contributed by atoms with E-state index < -0.39 is 149 Å². The number of nitrogens with zero attached hydrogens (tertiary/aromatic N) is 1. The predicted molar refractivity (Wildman–Crippen MR) is 328 cm³/mol. The molecule has 1 aromatic heterocycles. The molecule has 11 amide bonds. The van der Waals surface area contributed by atoms with Gasteiger partial charge < -0.3 is 84.9 Å². The first-order chi connectivity index (χ1) is 42.6. The van der Waals surface area contributed by atoms with Crippen LogP contribution >= 0.6 is 0 Å². The Balaban J connectivity index is 1.32. The van der Waals surface area contributed by atoms with E-state index in [9.17, 15) is 72.9 Å². The Bertz CT molecular complexity index is 3190. The summed E-state index contributed by atoms with van der Waals surface area (Å²) >= 11 is 0. The first-order valence-electron chi connectivity index (χ1n) is 29.9. The first-order valence-corrected chi connectivity index (χ1v) is 29.9. The van der Waals surface area contributed by atoms with E-state index in [4.69, 9.17) is 17.2 Å². The Morgan fingerprint density at radius 2 is 1.11 bits per heavy atom. The standard InChI is InChI=1S/C62H85N13O15/c1-7-33(4)51(73-59(86)50(32(2)3)72-57(84)45(28-36-14-9-8-10-15-36)70-54(81)41(63)23-25-48(64)78)61(88)75-27-13-18-47(75)58(85)74-52(35(6)76)60(87)71-44(29-37-19-21-39(77)22-20-37)55(82)67-34(5)53(80)69-46(30-38-31-66-42-17-12-11-16-40(38)42)56(83)68-43(62(89)90)24-26-49(65)79/h8-12,14-17,19-22,31-35,41,43-47,50-52,66,76-77H,7,13,18,23-30,63H2,1-6H3,(H2,64,78)(H2,65,79)(H,67,82)(H,68,83)(H,69,80)(H,70,81)(H,71,87)(H,72,84)(H,73,86)(H,74,85)(H,89,90)/t33-,34-,35+,41-,43-,44-,45-,46-,47-,50-,51-,52-/m0/s1. The lowest BCUT2D eigenvalue weighted by molar-refractivity contribution is -0.144. The Morgan fingerprint density at radius 3 is 1.71 bits per heavy atom. The number of amides is 11. The lowest BCUT2D eigenvalue weighted by atomic mass is 9.95. The molecule has 5 rings (SSSR count). The summed E-state index contributed by atoms with van der Waals surface area (Å²) in [6, 6.07) is 7.52. The third kappa shape index (κ3) is 20.8. The molecule has 0 spiro atoms. The van der Waals surface area contributed by atoms with Crippen LogP contribution in [0.4, 0.5) is 0 Å². The molecule has 3 aromatic carbocycles. The molecule has 28 heteroatoms. The summed E-state index contributed by atoms with van der Waals surface area (Å²) in [6.45, 7) is 9.38. The highest BCUT2D eigenvalue weighted by Gasteiger charge is 2.43. The lowest BCUT2D eigenvalue weighted by Gasteiger charge is -2.34. The van der Waals surface area contributed by atoms with Crippen molar-refractivity contribution in [1.82, 2.24) is 52.4 Å². The number of carboxylic acids is 1. The van der Waals surface area contributed by atoms with Gasteiger partial charge in [0.05, 0.1) is 12.1 Å². The van der Waals surface area contributed by atoms with Crippen LogP contribution in [0.15, 0.2) is 85.1 Å². The number of hydrogen-bond donors (Lipinski definition) is 15. The maximum absolute atomic E-state index is 14.7. The second-order valence-corrected chi connectivity index (χ2v) is 23.1. The molecule has 488 valence electrons. The number of hydrogen-bond acceptors (Lipinski definition) is 15. The van der Waals surface area contributed by atoms with Crippen LogP contribution in [0.5, 0.6) is 5.75 Å². The summed E-state index contributed by atoms with van der Waals surface area (Å²) in [5.74, 6) is -11.8. The summed E-state index contributed by atoms with van der Waals surface area (Å²) in [7, 11) is 0. The molecule has 2 heterocycles. The molecular formula is C62H85N13O15. The van der Waals surface area contributed by atoms with Crippen LogP contribution in [-0.4, -0.2) is 169 Å². The van der Waals surface area contributed by atoms with Gasteiger partial charge in [0, 0.05) is 55.7 Å². The number of aliphatic carboxylic acids is 1. The Morgan fingerprint density at radius 1 is 0.589 bits per heavy atom. The van der Waals surface area contributed by atoms with Crippen LogP contribution in [0.1, 0.15) is 103 Å². The summed E-state index contributed by atoms with van der Waals surface area (Å²) in [6.07, 6.45) is -0.634. The van der Waals surface area contributed by atoms with Crippen molar-refractivity contribution in [3.63, 3.8) is 0 Å². The van der Waals surface area contributed by atoms with Gasteiger partial charge in [0.1, 0.15) is 60.1 Å². The number of phenols is 1. The Labute approximate surface area is 520 Å². The number of primary amides is 2. The van der Waals surface area contributed by atoms with E-state index in [1.807, 2.05) is 0 Å². The number of nitrogens with two attached hydrogens (primary N) is 3. The molecule has 0 radical (unpaired) electrons. The van der Waals surface area contributed by atoms with E-state index in [1.165, 1.54) is 43.0 Å². The van der Waals surface area contributed by atoms with Crippen molar-refractivity contribution in [3.8, 4) is 5.75 Å². The lowest BCUT2D eigenvalue weighted by Crippen LogP contribution is -2.62. The van der Waals surface area contributed by atoms with Crippen LogP contribution in [-0.2, 0) is 76.8 Å². The fourth-order valence-electron chi connectivity index (χ4n) is 10.2. The highest BCUT2D eigenvalue weighted by atomic mass is 16.4. The molecule has 1 saturated heterocycles. The van der Waals surface area contributed by atoms with Crippen LogP contribution in [0.2, 0.25) is 0 Å². The number of carbonyl (C=O) groups excluding carboxylic acids is 11. The number of rotatable bonds is 34. The molecule has 18 N–H and O–H groups in total. The average Bonchev–Trinajstić information content (AvgIpc) is 2.57. The maximum atomic E-state index is 14.7. The number of aromatic nitrogens is 1. The number of nitrogens with one attached hydrogen (secondary N) is 9. The van der Waals surface area contributed by atoms with Gasteiger partial charge in [-0.05, 0) is 86.3 Å². The van der Waals surface area contributed by atoms with Crippen molar-refractivity contribution in [3.05, 3.63) is 102 Å². The van der Waals surface area contributed by atoms with Gasteiger partial charge >= 0.3 is 5.97 Å². The first kappa shape index (κ1) is 71.3. The fraction of sp³-hybridized carbons (Fsp3) is 0.484. The number of benzene rings is 3. The molecule has 0 aliphatic carbocycles. The van der Waals surface area contributed by atoms with Crippen LogP contribution < -0.4 is 59.7 Å². The number of phenolic OH excluding ortho intramolecular Hbond substituents is 1. The van der Waals surface area contributed by atoms with E-state index in [2.05, 4.69) is 47.5 Å². The van der Waals surface area contributed by atoms with Gasteiger partial charge in [-0.15, -0.1) is 0 Å². The predicted octanol–water partition coefficient (Wildman–Crippen LogP) is -1.18. The molecule has 28 nitrogen and oxygen atoms in total. The second kappa shape index (κ2) is 33.8. The smallest absolute Gasteiger partial charge is 0.326 e. The van der Waals surface area contributed by atoms with Gasteiger partial charge in [-0.1, -0.05) is 94.8 Å². The van der Waals surface area contributed by atoms with Gasteiger partial charge in [-0.25, -0.2) is 4.79 Å². The van der Waals surface area contributed by atoms with Crippen molar-refractivity contribution < 1.29 is 72.9 Å². The fourth-order valence-corrected chi connectivity index (χ4v) is 10.2. The molecule has 0 bridgehead atoms. The maximum Gasteiger partial charge on any atom is 0.326 e. The zero-order valence-corrected chi connectivity index (χ0v) is 51.3. The quantitative estimate of drug-likeness (QED) is 0.0262. The van der Waals surface area contributed by atoms with Gasteiger partial charge in [-0.2, -0.15) is 0 Å². The molecule has 0 unspecified atom stereocenters. The Hall–Kier alpha value is -9.44. The number of fused-ring (bicyclic) bond motifs is 1. The minimum Gasteiger partial charge on any atom is -0.508 e. The van der Waals surface area contributed by atoms with Crippen LogP contribution in [0.3, 0.4) is 0 Å². The number of aliphatic hydroxyl groups excluding tert-OH is 1. The number of carboxylic acid groups (broad SMARTS) is 1. The Kier molecular flexibility index (Phi) is 26.8. The van der Waals surface area contributed by atoms with Crippen molar-refractivity contribution >= 4 is 81.9 Å². The molecule has 1 aliphatic heterocycles. The van der Waals surface area contributed by atoms with Gasteiger partial charge in [0.2, 0.25) is 65.0 Å². The van der Waals surface area contributed by atoms with Crippen molar-refractivity contribution in [1.29, 1.82) is 0 Å². The average molecular weight is 1250 g/mol. The van der Waals surface area contributed by atoms with E-state index >= 15 is 0 Å². The number of aromatic hydroxyl groups is 1. The highest BCUT2D eigenvalue weighted by Crippen LogP contribution is 2.24. The molecule has 90 heavy (non-hydrogen) atoms. The van der Waals surface area contributed by atoms with Gasteiger partial charge in [-0.3, -0.25) is 52.7 Å². The summed E-state index contributed by atoms with van der Waals surface area (Å²) < 4.78 is 0. The third-order valence-electron chi connectivity index (χ3n) is 15.7. The normalized spacial score (nSPS) is 16.6. The minimum absolute atomic E-state index is 0.00345. The van der Waals surface area contributed by atoms with Crippen molar-refractivity contribution in [2.45, 2.75) is 172 Å². The SMILES string of the molecule is CC[C@H](C)[C@H](NC(=O)[C@@H](NC(=O)[C@H](Cc1ccccc1)NC(=O)[C@@H](N)CCC(N)=O)C(C)C)C(=O)N1CCC[C@H]1C(=O)N[C@H](C(=O)N[C@@H](Cc1ccc(O)cc1)C(=O)N[C@@H](C)C(=O)N[C@@H](Cc1c[nH]c2ccccc12)C(=O)N[C@@H](CCC(N)=O)C(=O)O)[C@@H](C)O. The van der Waals surface area contributed by atoms with E-state index in [-0.39, 0.29) is 63.7 Å². The summed E-state index contributed by atoms with van der Waals surface area (Å²) in [5.41, 5.74) is 18.9. The molecule has 1 fully saturated rings. The number of aliphatic hydroxyl groups is 1. The zero-order valence-electron chi connectivity index (χ0n) is 51.3. The largest absolute Gasteiger partial charge is 0.508 e. The second-order valence-electron chi connectivity index (χ2n) is 23.1. The van der Waals surface area contributed by atoms with E-state index in [0.717, 1.165) is 0 Å².